The quantitative estimate of drug-likeness (QED) is 0.412. The van der Waals surface area contributed by atoms with Crippen LogP contribution < -0.4 is 14.8 Å². The molecule has 0 saturated carbocycles. The lowest BCUT2D eigenvalue weighted by atomic mass is 10.2. The normalized spacial score (nSPS) is 10.9. The first-order valence-electron chi connectivity index (χ1n) is 8.76. The molecule has 0 bridgehead atoms. The van der Waals surface area contributed by atoms with Gasteiger partial charge in [-0.2, -0.15) is 0 Å². The van der Waals surface area contributed by atoms with Gasteiger partial charge in [-0.05, 0) is 71.2 Å². The van der Waals surface area contributed by atoms with Gasteiger partial charge in [0.05, 0.1) is 21.6 Å². The second-order valence-electron chi connectivity index (χ2n) is 5.87. The van der Waals surface area contributed by atoms with Crippen LogP contribution in [0.4, 0.5) is 0 Å². The number of nitrogens with one attached hydrogen (secondary N) is 1. The van der Waals surface area contributed by atoms with Gasteiger partial charge >= 0.3 is 0 Å². The van der Waals surface area contributed by atoms with E-state index in [9.17, 15) is 0 Å². The van der Waals surface area contributed by atoms with E-state index in [4.69, 9.17) is 37.4 Å². The van der Waals surface area contributed by atoms with Gasteiger partial charge < -0.3 is 19.5 Å². The molecule has 0 aromatic heterocycles. The SMILES string of the molecule is CCOCCCNCc1cc(Br)c(OCc2ccc(Cl)c(Cl)c2)c(OC)c1. The standard InChI is InChI=1S/C20H24BrCl2NO3/c1-3-26-8-4-7-24-12-15-9-16(21)20(19(11-15)25-2)27-13-14-5-6-17(22)18(23)10-14/h5-6,9-11,24H,3-4,7-8,12-13H2,1-2H3. The molecule has 2 aromatic rings. The minimum atomic E-state index is 0.362. The van der Waals surface area contributed by atoms with Crippen molar-refractivity contribution in [3.05, 3.63) is 56.0 Å². The highest BCUT2D eigenvalue weighted by molar-refractivity contribution is 9.10. The molecule has 0 aliphatic carbocycles. The Morgan fingerprint density at radius 1 is 1.07 bits per heavy atom. The molecular weight excluding hydrogens is 453 g/mol. The average Bonchev–Trinajstić information content (AvgIpc) is 2.66. The molecule has 1 N–H and O–H groups in total. The predicted octanol–water partition coefficient (Wildman–Crippen LogP) is 5.86. The fraction of sp³-hybridized carbons (Fsp3) is 0.400. The number of hydrogen-bond donors (Lipinski definition) is 1. The van der Waals surface area contributed by atoms with Crippen LogP contribution in [-0.2, 0) is 17.9 Å². The Labute approximate surface area is 179 Å². The molecular formula is C20H24BrCl2NO3. The van der Waals surface area contributed by atoms with Crippen molar-refractivity contribution in [2.75, 3.05) is 26.9 Å². The molecule has 7 heteroatoms. The third-order valence-electron chi connectivity index (χ3n) is 3.83. The summed E-state index contributed by atoms with van der Waals surface area (Å²) in [7, 11) is 1.63. The van der Waals surface area contributed by atoms with Gasteiger partial charge in [0.2, 0.25) is 0 Å². The Balaban J connectivity index is 1.97. The van der Waals surface area contributed by atoms with Crippen molar-refractivity contribution < 1.29 is 14.2 Å². The Hall–Kier alpha value is -0.980. The van der Waals surface area contributed by atoms with Gasteiger partial charge in [0.1, 0.15) is 6.61 Å². The molecule has 0 amide bonds. The number of halogens is 3. The van der Waals surface area contributed by atoms with E-state index in [0.717, 1.165) is 48.3 Å². The lowest BCUT2D eigenvalue weighted by molar-refractivity contribution is 0.144. The van der Waals surface area contributed by atoms with Crippen molar-refractivity contribution in [1.29, 1.82) is 0 Å². The van der Waals surface area contributed by atoms with Crippen molar-refractivity contribution >= 4 is 39.1 Å². The van der Waals surface area contributed by atoms with Crippen LogP contribution >= 0.6 is 39.1 Å². The fourth-order valence-corrected chi connectivity index (χ4v) is 3.40. The van der Waals surface area contributed by atoms with E-state index in [-0.39, 0.29) is 0 Å². The van der Waals surface area contributed by atoms with Crippen molar-refractivity contribution in [2.24, 2.45) is 0 Å². The predicted molar refractivity (Wildman–Crippen MR) is 114 cm³/mol. The Morgan fingerprint density at radius 2 is 1.89 bits per heavy atom. The highest BCUT2D eigenvalue weighted by atomic mass is 79.9. The number of rotatable bonds is 11. The second kappa shape index (κ2) is 11.8. The average molecular weight is 477 g/mol. The smallest absolute Gasteiger partial charge is 0.175 e. The first-order valence-corrected chi connectivity index (χ1v) is 10.3. The summed E-state index contributed by atoms with van der Waals surface area (Å²) in [4.78, 5) is 0. The van der Waals surface area contributed by atoms with Crippen LogP contribution in [0.25, 0.3) is 0 Å². The van der Waals surface area contributed by atoms with E-state index >= 15 is 0 Å². The van der Waals surface area contributed by atoms with E-state index in [2.05, 4.69) is 21.2 Å². The first kappa shape index (κ1) is 22.3. The van der Waals surface area contributed by atoms with E-state index in [0.29, 0.717) is 28.2 Å². The van der Waals surface area contributed by atoms with Gasteiger partial charge in [-0.25, -0.2) is 0 Å². The summed E-state index contributed by atoms with van der Waals surface area (Å²) in [6.07, 6.45) is 0.983. The number of hydrogen-bond acceptors (Lipinski definition) is 4. The molecule has 0 radical (unpaired) electrons. The maximum absolute atomic E-state index is 6.06. The summed E-state index contributed by atoms with van der Waals surface area (Å²) >= 11 is 15.6. The monoisotopic (exact) mass is 475 g/mol. The summed E-state index contributed by atoms with van der Waals surface area (Å²) in [5.41, 5.74) is 2.04. The van der Waals surface area contributed by atoms with Crippen molar-refractivity contribution in [3.63, 3.8) is 0 Å². The Kier molecular flexibility index (Phi) is 9.73. The maximum atomic E-state index is 6.06. The fourth-order valence-electron chi connectivity index (χ4n) is 2.48. The maximum Gasteiger partial charge on any atom is 0.175 e. The molecule has 27 heavy (non-hydrogen) atoms. The highest BCUT2D eigenvalue weighted by Crippen LogP contribution is 2.37. The van der Waals surface area contributed by atoms with Crippen LogP contribution in [0.5, 0.6) is 11.5 Å². The molecule has 4 nitrogen and oxygen atoms in total. The second-order valence-corrected chi connectivity index (χ2v) is 7.54. The van der Waals surface area contributed by atoms with Crippen LogP contribution in [0, 0.1) is 0 Å². The zero-order chi connectivity index (χ0) is 19.6. The summed E-state index contributed by atoms with van der Waals surface area (Å²) in [6.45, 7) is 5.54. The van der Waals surface area contributed by atoms with Crippen molar-refractivity contribution in [2.45, 2.75) is 26.5 Å². The molecule has 2 aromatic carbocycles. The van der Waals surface area contributed by atoms with Crippen LogP contribution in [0.3, 0.4) is 0 Å². The molecule has 0 aliphatic heterocycles. The van der Waals surface area contributed by atoms with Gasteiger partial charge in [-0.1, -0.05) is 29.3 Å². The molecule has 0 unspecified atom stereocenters. The summed E-state index contributed by atoms with van der Waals surface area (Å²) in [5.74, 6) is 1.33. The molecule has 0 spiro atoms. The lowest BCUT2D eigenvalue weighted by Crippen LogP contribution is -2.16. The largest absolute Gasteiger partial charge is 0.493 e. The molecule has 2 rings (SSSR count). The summed E-state index contributed by atoms with van der Waals surface area (Å²) in [6, 6.07) is 9.45. The first-order chi connectivity index (χ1) is 13.0. The topological polar surface area (TPSA) is 39.7 Å². The van der Waals surface area contributed by atoms with Crippen molar-refractivity contribution in [3.8, 4) is 11.5 Å². The van der Waals surface area contributed by atoms with Gasteiger partial charge in [0.15, 0.2) is 11.5 Å². The zero-order valence-corrected chi connectivity index (χ0v) is 18.6. The van der Waals surface area contributed by atoms with Gasteiger partial charge in [-0.3, -0.25) is 0 Å². The van der Waals surface area contributed by atoms with E-state index < -0.39 is 0 Å². The molecule has 0 atom stereocenters. The summed E-state index contributed by atoms with van der Waals surface area (Å²) in [5, 5.41) is 4.44. The molecule has 0 heterocycles. The van der Waals surface area contributed by atoms with Crippen LogP contribution in [0.2, 0.25) is 10.0 Å². The van der Waals surface area contributed by atoms with Gasteiger partial charge in [0, 0.05) is 19.8 Å². The molecule has 0 saturated heterocycles. The third kappa shape index (κ3) is 7.16. The molecule has 0 aliphatic rings. The van der Waals surface area contributed by atoms with Gasteiger partial charge in [-0.15, -0.1) is 0 Å². The molecule has 0 fully saturated rings. The van der Waals surface area contributed by atoms with Crippen LogP contribution in [-0.4, -0.2) is 26.9 Å². The summed E-state index contributed by atoms with van der Waals surface area (Å²) < 4.78 is 17.6. The van der Waals surface area contributed by atoms with Gasteiger partial charge in [0.25, 0.3) is 0 Å². The van der Waals surface area contributed by atoms with E-state index in [1.807, 2.05) is 25.1 Å². The number of methoxy groups -OCH3 is 1. The van der Waals surface area contributed by atoms with E-state index in [1.54, 1.807) is 19.2 Å². The number of ether oxygens (including phenoxy) is 3. The van der Waals surface area contributed by atoms with Crippen LogP contribution in [0.15, 0.2) is 34.8 Å². The minimum Gasteiger partial charge on any atom is -0.493 e. The Bertz CT molecular complexity index is 743. The van der Waals surface area contributed by atoms with Crippen molar-refractivity contribution in [1.82, 2.24) is 5.32 Å². The van der Waals surface area contributed by atoms with Crippen LogP contribution in [0.1, 0.15) is 24.5 Å². The molecule has 148 valence electrons. The van der Waals surface area contributed by atoms with E-state index in [1.165, 1.54) is 0 Å². The zero-order valence-electron chi connectivity index (χ0n) is 15.5. The lowest BCUT2D eigenvalue weighted by Gasteiger charge is -2.15. The third-order valence-corrected chi connectivity index (χ3v) is 5.16. The number of benzene rings is 2. The minimum absolute atomic E-state index is 0.362. The highest BCUT2D eigenvalue weighted by Gasteiger charge is 2.12. The Morgan fingerprint density at radius 3 is 2.59 bits per heavy atom.